The Hall–Kier alpha value is -1.15. The Labute approximate surface area is 107 Å². The number of methoxy groups -OCH3 is 2. The maximum Gasteiger partial charge on any atom is 0.322 e. The second-order valence-electron chi connectivity index (χ2n) is 3.62. The summed E-state index contributed by atoms with van der Waals surface area (Å²) >= 11 is 0. The summed E-state index contributed by atoms with van der Waals surface area (Å²) in [6.45, 7) is 0.237. The van der Waals surface area contributed by atoms with Crippen molar-refractivity contribution in [2.24, 2.45) is 0 Å². The van der Waals surface area contributed by atoms with Crippen LogP contribution in [-0.2, 0) is 29.1 Å². The summed E-state index contributed by atoms with van der Waals surface area (Å²) in [6.07, 6.45) is 2.27. The molecule has 0 radical (unpaired) electrons. The van der Waals surface area contributed by atoms with E-state index < -0.39 is 21.7 Å². The summed E-state index contributed by atoms with van der Waals surface area (Å²) in [6, 6.07) is 0. The van der Waals surface area contributed by atoms with Gasteiger partial charge in [0.25, 0.3) is 0 Å². The molecular weight excluding hydrogens is 262 g/mol. The van der Waals surface area contributed by atoms with Gasteiger partial charge in [0, 0.05) is 13.0 Å². The Balaban J connectivity index is 3.65. The van der Waals surface area contributed by atoms with E-state index in [1.807, 2.05) is 0 Å². The van der Waals surface area contributed by atoms with Crippen LogP contribution in [0.4, 0.5) is 0 Å². The minimum absolute atomic E-state index is 0.237. The minimum Gasteiger partial charge on any atom is -0.469 e. The second-order valence-corrected chi connectivity index (χ2v) is 5.42. The van der Waals surface area contributed by atoms with E-state index in [0.717, 1.165) is 7.11 Å². The summed E-state index contributed by atoms with van der Waals surface area (Å²) in [5, 5.41) is 0. The Kier molecular flexibility index (Phi) is 8.30. The van der Waals surface area contributed by atoms with Crippen LogP contribution in [0.3, 0.4) is 0 Å². The maximum atomic E-state index is 11.3. The molecule has 0 saturated heterocycles. The van der Waals surface area contributed by atoms with Crippen LogP contribution in [0.25, 0.3) is 0 Å². The number of ether oxygens (including phenoxy) is 2. The van der Waals surface area contributed by atoms with Gasteiger partial charge in [0.1, 0.15) is 0 Å². The van der Waals surface area contributed by atoms with Gasteiger partial charge in [-0.15, -0.1) is 0 Å². The molecule has 0 aliphatic heterocycles. The predicted octanol–water partition coefficient (Wildman–Crippen LogP) is -0.188. The molecule has 0 aliphatic carbocycles. The van der Waals surface area contributed by atoms with Crippen LogP contribution >= 0.6 is 0 Å². The number of esters is 2. The second kappa shape index (κ2) is 8.87. The summed E-state index contributed by atoms with van der Waals surface area (Å²) in [7, 11) is -1.16. The molecule has 8 heteroatoms. The third-order valence-corrected chi connectivity index (χ3v) is 3.40. The van der Waals surface area contributed by atoms with Crippen molar-refractivity contribution >= 4 is 22.0 Å². The van der Waals surface area contributed by atoms with Crippen molar-refractivity contribution < 1.29 is 27.5 Å². The average Bonchev–Trinajstić information content (AvgIpc) is 2.32. The number of carbonyl (C=O) groups is 2. The summed E-state index contributed by atoms with van der Waals surface area (Å²) in [4.78, 5) is 21.6. The van der Waals surface area contributed by atoms with Crippen molar-refractivity contribution in [1.82, 2.24) is 4.72 Å². The third kappa shape index (κ3) is 8.94. The number of sulfonamides is 1. The van der Waals surface area contributed by atoms with Crippen molar-refractivity contribution in [3.63, 3.8) is 0 Å². The first-order valence-corrected chi connectivity index (χ1v) is 7.17. The van der Waals surface area contributed by atoms with Crippen molar-refractivity contribution in [1.29, 1.82) is 0 Å². The lowest BCUT2D eigenvalue weighted by molar-refractivity contribution is -0.141. The number of nitrogens with one attached hydrogen (secondary N) is 1. The van der Waals surface area contributed by atoms with E-state index >= 15 is 0 Å². The molecule has 0 saturated carbocycles. The summed E-state index contributed by atoms with van der Waals surface area (Å²) in [5.74, 6) is -1.75. The Morgan fingerprint density at radius 1 is 1.00 bits per heavy atom. The molecule has 0 heterocycles. The molecule has 18 heavy (non-hydrogen) atoms. The van der Waals surface area contributed by atoms with E-state index in [1.54, 1.807) is 0 Å². The fourth-order valence-corrected chi connectivity index (χ4v) is 2.15. The molecule has 0 aromatic rings. The molecule has 7 nitrogen and oxygen atoms in total. The first-order valence-electron chi connectivity index (χ1n) is 5.52. The third-order valence-electron chi connectivity index (χ3n) is 2.14. The Morgan fingerprint density at radius 2 is 1.61 bits per heavy atom. The molecule has 0 aliphatic rings. The highest BCUT2D eigenvalue weighted by Gasteiger charge is 2.15. The van der Waals surface area contributed by atoms with Crippen molar-refractivity contribution in [2.75, 3.05) is 26.5 Å². The SMILES string of the molecule is COC(=O)CCCCCNS(=O)(=O)CC(=O)OC. The highest BCUT2D eigenvalue weighted by atomic mass is 32.2. The summed E-state index contributed by atoms with van der Waals surface area (Å²) < 4.78 is 33.6. The molecule has 1 N–H and O–H groups in total. The van der Waals surface area contributed by atoms with Gasteiger partial charge in [0.05, 0.1) is 14.2 Å². The van der Waals surface area contributed by atoms with Crippen molar-refractivity contribution in [3.05, 3.63) is 0 Å². The van der Waals surface area contributed by atoms with Gasteiger partial charge in [-0.1, -0.05) is 6.42 Å². The van der Waals surface area contributed by atoms with E-state index in [1.165, 1.54) is 7.11 Å². The van der Waals surface area contributed by atoms with Gasteiger partial charge in [0.15, 0.2) is 5.75 Å². The number of unbranched alkanes of at least 4 members (excludes halogenated alkanes) is 2. The number of rotatable bonds is 9. The number of hydrogen-bond acceptors (Lipinski definition) is 6. The van der Waals surface area contributed by atoms with Gasteiger partial charge < -0.3 is 9.47 Å². The standard InChI is InChI=1S/C10H19NO6S/c1-16-9(12)6-4-3-5-7-11-18(14,15)8-10(13)17-2/h11H,3-8H2,1-2H3. The van der Waals surface area contributed by atoms with E-state index in [9.17, 15) is 18.0 Å². The maximum absolute atomic E-state index is 11.3. The summed E-state index contributed by atoms with van der Waals surface area (Å²) in [5.41, 5.74) is 0. The fourth-order valence-electron chi connectivity index (χ4n) is 1.17. The van der Waals surface area contributed by atoms with Gasteiger partial charge in [-0.05, 0) is 12.8 Å². The normalized spacial score (nSPS) is 11.0. The molecule has 0 aromatic carbocycles. The van der Waals surface area contributed by atoms with Gasteiger partial charge >= 0.3 is 11.9 Å². The Bertz CT molecular complexity index is 365. The van der Waals surface area contributed by atoms with Crippen LogP contribution in [0.1, 0.15) is 25.7 Å². The largest absolute Gasteiger partial charge is 0.469 e. The zero-order chi connectivity index (χ0) is 14.0. The molecule has 0 unspecified atom stereocenters. The lowest BCUT2D eigenvalue weighted by atomic mass is 10.2. The predicted molar refractivity (Wildman–Crippen MR) is 64.3 cm³/mol. The van der Waals surface area contributed by atoms with Crippen molar-refractivity contribution in [3.8, 4) is 0 Å². The van der Waals surface area contributed by atoms with E-state index in [4.69, 9.17) is 0 Å². The van der Waals surface area contributed by atoms with Gasteiger partial charge in [0.2, 0.25) is 10.0 Å². The fraction of sp³-hybridized carbons (Fsp3) is 0.800. The van der Waals surface area contributed by atoms with E-state index in [2.05, 4.69) is 14.2 Å². The lowest BCUT2D eigenvalue weighted by Gasteiger charge is -2.05. The topological polar surface area (TPSA) is 98.8 Å². The van der Waals surface area contributed by atoms with Crippen LogP contribution in [0.2, 0.25) is 0 Å². The quantitative estimate of drug-likeness (QED) is 0.464. The molecule has 0 aromatic heterocycles. The molecule has 0 rings (SSSR count). The van der Waals surface area contributed by atoms with E-state index in [0.29, 0.717) is 25.7 Å². The number of hydrogen-bond donors (Lipinski definition) is 1. The van der Waals surface area contributed by atoms with Crippen LogP contribution in [-0.4, -0.2) is 46.9 Å². The minimum atomic E-state index is -3.62. The van der Waals surface area contributed by atoms with E-state index in [-0.39, 0.29) is 12.5 Å². The zero-order valence-electron chi connectivity index (χ0n) is 10.6. The molecular formula is C10H19NO6S. The number of carbonyl (C=O) groups excluding carboxylic acids is 2. The van der Waals surface area contributed by atoms with Crippen LogP contribution in [0.15, 0.2) is 0 Å². The van der Waals surface area contributed by atoms with Crippen LogP contribution in [0.5, 0.6) is 0 Å². The van der Waals surface area contributed by atoms with Gasteiger partial charge in [-0.25, -0.2) is 13.1 Å². The zero-order valence-corrected chi connectivity index (χ0v) is 11.4. The first-order chi connectivity index (χ1) is 8.41. The molecule has 0 atom stereocenters. The van der Waals surface area contributed by atoms with Crippen LogP contribution < -0.4 is 4.72 Å². The van der Waals surface area contributed by atoms with Gasteiger partial charge in [-0.2, -0.15) is 0 Å². The first kappa shape index (κ1) is 16.9. The molecule has 0 spiro atoms. The van der Waals surface area contributed by atoms with Gasteiger partial charge in [-0.3, -0.25) is 9.59 Å². The Morgan fingerprint density at radius 3 is 2.17 bits per heavy atom. The van der Waals surface area contributed by atoms with Crippen LogP contribution in [0, 0.1) is 0 Å². The lowest BCUT2D eigenvalue weighted by Crippen LogP contribution is -2.31. The average molecular weight is 281 g/mol. The highest BCUT2D eigenvalue weighted by Crippen LogP contribution is 2.00. The van der Waals surface area contributed by atoms with Crippen molar-refractivity contribution in [2.45, 2.75) is 25.7 Å². The highest BCUT2D eigenvalue weighted by molar-refractivity contribution is 7.90. The molecule has 0 amide bonds. The monoisotopic (exact) mass is 281 g/mol. The molecule has 106 valence electrons. The molecule has 0 fully saturated rings. The smallest absolute Gasteiger partial charge is 0.322 e. The molecule has 0 bridgehead atoms.